The van der Waals surface area contributed by atoms with Gasteiger partial charge in [0, 0.05) is 30.7 Å². The minimum atomic E-state index is -0.568. The van der Waals surface area contributed by atoms with Crippen molar-refractivity contribution in [2.75, 3.05) is 0 Å². The highest BCUT2D eigenvalue weighted by atomic mass is 16.5. The molecule has 0 aliphatic rings. The van der Waals surface area contributed by atoms with Gasteiger partial charge in [0.15, 0.2) is 6.10 Å². The van der Waals surface area contributed by atoms with Crippen LogP contribution in [0.1, 0.15) is 12.5 Å². The van der Waals surface area contributed by atoms with Crippen LogP contribution in [0.4, 0.5) is 0 Å². The molecule has 25 heavy (non-hydrogen) atoms. The molecule has 0 aliphatic heterocycles. The lowest BCUT2D eigenvalue weighted by molar-refractivity contribution is -0.127. The van der Waals surface area contributed by atoms with Crippen molar-refractivity contribution in [3.63, 3.8) is 0 Å². The van der Waals surface area contributed by atoms with Crippen LogP contribution in [0.3, 0.4) is 0 Å². The predicted molar refractivity (Wildman–Crippen MR) is 95.8 cm³/mol. The second-order valence-corrected chi connectivity index (χ2v) is 5.58. The van der Waals surface area contributed by atoms with Crippen molar-refractivity contribution in [1.29, 1.82) is 0 Å². The smallest absolute Gasteiger partial charge is 0.261 e. The van der Waals surface area contributed by atoms with Gasteiger partial charge in [0.1, 0.15) is 5.75 Å². The lowest BCUT2D eigenvalue weighted by Gasteiger charge is -2.14. The van der Waals surface area contributed by atoms with E-state index in [0.29, 0.717) is 12.3 Å². The van der Waals surface area contributed by atoms with Gasteiger partial charge in [-0.2, -0.15) is 0 Å². The van der Waals surface area contributed by atoms with Crippen LogP contribution in [0.15, 0.2) is 73.2 Å². The highest BCUT2D eigenvalue weighted by molar-refractivity contribution is 5.80. The molecule has 0 saturated heterocycles. The van der Waals surface area contributed by atoms with Crippen molar-refractivity contribution in [3.8, 4) is 17.0 Å². The van der Waals surface area contributed by atoms with E-state index in [4.69, 9.17) is 4.74 Å². The molecule has 5 nitrogen and oxygen atoms in total. The van der Waals surface area contributed by atoms with Crippen LogP contribution in [-0.4, -0.2) is 22.0 Å². The first-order valence-corrected chi connectivity index (χ1v) is 8.07. The Labute approximate surface area is 146 Å². The average Bonchev–Trinajstić information content (AvgIpc) is 2.68. The summed E-state index contributed by atoms with van der Waals surface area (Å²) in [6.45, 7) is 2.15. The Hall–Kier alpha value is -3.21. The van der Waals surface area contributed by atoms with E-state index in [1.54, 1.807) is 25.5 Å². The molecule has 2 aromatic heterocycles. The first-order chi connectivity index (χ1) is 12.2. The molecule has 0 fully saturated rings. The number of para-hydroxylation sites is 1. The summed E-state index contributed by atoms with van der Waals surface area (Å²) < 4.78 is 5.62. The van der Waals surface area contributed by atoms with Crippen molar-refractivity contribution in [1.82, 2.24) is 15.3 Å². The van der Waals surface area contributed by atoms with Crippen LogP contribution in [0, 0.1) is 0 Å². The fraction of sp³-hybridized carbons (Fsp3) is 0.150. The summed E-state index contributed by atoms with van der Waals surface area (Å²) in [7, 11) is 0. The summed E-state index contributed by atoms with van der Waals surface area (Å²) in [6, 6.07) is 16.9. The zero-order chi connectivity index (χ0) is 17.5. The largest absolute Gasteiger partial charge is 0.481 e. The quantitative estimate of drug-likeness (QED) is 0.752. The number of pyridine rings is 2. The molecular weight excluding hydrogens is 314 g/mol. The van der Waals surface area contributed by atoms with E-state index in [-0.39, 0.29) is 5.91 Å². The molecule has 5 heteroatoms. The molecule has 1 aromatic carbocycles. The number of ether oxygens (including phenoxy) is 1. The Morgan fingerprint density at radius 2 is 1.96 bits per heavy atom. The molecule has 2 heterocycles. The van der Waals surface area contributed by atoms with Gasteiger partial charge in [-0.1, -0.05) is 18.2 Å². The van der Waals surface area contributed by atoms with Gasteiger partial charge in [0.25, 0.3) is 5.91 Å². The first-order valence-electron chi connectivity index (χ1n) is 8.07. The molecule has 0 aliphatic carbocycles. The van der Waals surface area contributed by atoms with Crippen LogP contribution >= 0.6 is 0 Å². The van der Waals surface area contributed by atoms with Crippen molar-refractivity contribution in [3.05, 3.63) is 78.8 Å². The van der Waals surface area contributed by atoms with Crippen molar-refractivity contribution in [2.24, 2.45) is 0 Å². The fourth-order valence-electron chi connectivity index (χ4n) is 2.35. The Balaban J connectivity index is 1.59. The van der Waals surface area contributed by atoms with Crippen molar-refractivity contribution >= 4 is 5.91 Å². The second kappa shape index (κ2) is 8.06. The molecule has 0 bridgehead atoms. The van der Waals surface area contributed by atoms with Crippen molar-refractivity contribution in [2.45, 2.75) is 19.6 Å². The predicted octanol–water partition coefficient (Wildman–Crippen LogP) is 3.23. The standard InChI is InChI=1S/C20H19N3O2/c1-15(25-18-7-3-2-4-8-18)20(24)23-13-16-9-11-22-19(12-16)17-6-5-10-21-14-17/h2-12,14-15H,13H2,1H3,(H,23,24). The molecule has 3 aromatic rings. The van der Waals surface area contributed by atoms with Crippen LogP contribution in [0.2, 0.25) is 0 Å². The van der Waals surface area contributed by atoms with Crippen LogP contribution in [-0.2, 0) is 11.3 Å². The zero-order valence-electron chi connectivity index (χ0n) is 13.9. The highest BCUT2D eigenvalue weighted by Crippen LogP contribution is 2.16. The molecule has 3 rings (SSSR count). The molecule has 1 amide bonds. The molecule has 0 spiro atoms. The number of nitrogens with zero attached hydrogens (tertiary/aromatic N) is 2. The zero-order valence-corrected chi connectivity index (χ0v) is 13.9. The van der Waals surface area contributed by atoms with Crippen molar-refractivity contribution < 1.29 is 9.53 Å². The van der Waals surface area contributed by atoms with E-state index in [9.17, 15) is 4.79 Å². The highest BCUT2D eigenvalue weighted by Gasteiger charge is 2.14. The normalized spacial score (nSPS) is 11.6. The second-order valence-electron chi connectivity index (χ2n) is 5.58. The molecule has 1 N–H and O–H groups in total. The number of carbonyl (C=O) groups excluding carboxylic acids is 1. The van der Waals surface area contributed by atoms with Gasteiger partial charge in [0.2, 0.25) is 0 Å². The number of benzene rings is 1. The lowest BCUT2D eigenvalue weighted by atomic mass is 10.1. The molecule has 0 saturated carbocycles. The summed E-state index contributed by atoms with van der Waals surface area (Å²) in [5.74, 6) is 0.511. The SMILES string of the molecule is CC(Oc1ccccc1)C(=O)NCc1ccnc(-c2cccnc2)c1. The molecular formula is C20H19N3O2. The topological polar surface area (TPSA) is 64.1 Å². The van der Waals surface area contributed by atoms with E-state index in [2.05, 4.69) is 15.3 Å². The van der Waals surface area contributed by atoms with Crippen LogP contribution < -0.4 is 10.1 Å². The summed E-state index contributed by atoms with van der Waals surface area (Å²) in [6.07, 6.45) is 4.65. The van der Waals surface area contributed by atoms with Gasteiger partial charge in [-0.25, -0.2) is 0 Å². The number of nitrogens with one attached hydrogen (secondary N) is 1. The average molecular weight is 333 g/mol. The van der Waals surface area contributed by atoms with E-state index in [0.717, 1.165) is 16.8 Å². The fourth-order valence-corrected chi connectivity index (χ4v) is 2.35. The maximum absolute atomic E-state index is 12.2. The molecule has 126 valence electrons. The summed E-state index contributed by atoms with van der Waals surface area (Å²) >= 11 is 0. The number of amides is 1. The third-order valence-corrected chi connectivity index (χ3v) is 3.67. The Morgan fingerprint density at radius 3 is 2.72 bits per heavy atom. The van der Waals surface area contributed by atoms with Gasteiger partial charge in [0.05, 0.1) is 5.69 Å². The maximum atomic E-state index is 12.2. The number of aromatic nitrogens is 2. The van der Waals surface area contributed by atoms with Gasteiger partial charge >= 0.3 is 0 Å². The van der Waals surface area contributed by atoms with Crippen LogP contribution in [0.5, 0.6) is 5.75 Å². The van der Waals surface area contributed by atoms with Gasteiger partial charge in [-0.05, 0) is 48.9 Å². The summed E-state index contributed by atoms with van der Waals surface area (Å²) in [5.41, 5.74) is 2.74. The van der Waals surface area contributed by atoms with Crippen LogP contribution in [0.25, 0.3) is 11.3 Å². The van der Waals surface area contributed by atoms with Gasteiger partial charge < -0.3 is 10.1 Å². The number of hydrogen-bond donors (Lipinski definition) is 1. The lowest BCUT2D eigenvalue weighted by Crippen LogP contribution is -2.35. The Kier molecular flexibility index (Phi) is 5.36. The van der Waals surface area contributed by atoms with E-state index < -0.39 is 6.10 Å². The maximum Gasteiger partial charge on any atom is 0.261 e. The number of hydrogen-bond acceptors (Lipinski definition) is 4. The summed E-state index contributed by atoms with van der Waals surface area (Å²) in [5, 5.41) is 2.89. The Morgan fingerprint density at radius 1 is 1.12 bits per heavy atom. The van der Waals surface area contributed by atoms with E-state index in [1.165, 1.54) is 0 Å². The number of carbonyl (C=O) groups is 1. The third-order valence-electron chi connectivity index (χ3n) is 3.67. The van der Waals surface area contributed by atoms with E-state index >= 15 is 0 Å². The van der Waals surface area contributed by atoms with Gasteiger partial charge in [-0.15, -0.1) is 0 Å². The molecule has 1 atom stereocenters. The molecule has 0 radical (unpaired) electrons. The van der Waals surface area contributed by atoms with E-state index in [1.807, 2.05) is 54.6 Å². The first kappa shape index (κ1) is 16.6. The molecule has 1 unspecified atom stereocenters. The van der Waals surface area contributed by atoms with Gasteiger partial charge in [-0.3, -0.25) is 14.8 Å². The summed E-state index contributed by atoms with van der Waals surface area (Å²) in [4.78, 5) is 20.7. The number of rotatable bonds is 6. The minimum absolute atomic E-state index is 0.163. The minimum Gasteiger partial charge on any atom is -0.481 e. The Bertz CT molecular complexity index is 823. The monoisotopic (exact) mass is 333 g/mol. The third kappa shape index (κ3) is 4.64.